The van der Waals surface area contributed by atoms with Crippen LogP contribution in [0.5, 0.6) is 0 Å². The van der Waals surface area contributed by atoms with Crippen LogP contribution in [0.2, 0.25) is 5.04 Å². The van der Waals surface area contributed by atoms with E-state index in [0.29, 0.717) is 13.0 Å². The second-order valence-electron chi connectivity index (χ2n) is 8.11. The molecule has 27 heavy (non-hydrogen) atoms. The number of hydrogen-bond donors (Lipinski definition) is 0. The predicted octanol–water partition coefficient (Wildman–Crippen LogP) is 3.68. The molecule has 0 unspecified atom stereocenters. The molecule has 0 aliphatic carbocycles. The average Bonchev–Trinajstić information content (AvgIpc) is 3.03. The molecule has 0 N–H and O–H groups in total. The van der Waals surface area contributed by atoms with Gasteiger partial charge in [-0.3, -0.25) is 4.79 Å². The molecule has 0 spiro atoms. The fourth-order valence-corrected chi connectivity index (χ4v) is 8.56. The van der Waals surface area contributed by atoms with Gasteiger partial charge in [-0.15, -0.1) is 6.58 Å². The number of rotatable bonds is 6. The zero-order chi connectivity index (χ0) is 19.5. The zero-order valence-electron chi connectivity index (χ0n) is 16.4. The van der Waals surface area contributed by atoms with Gasteiger partial charge in [-0.1, -0.05) is 87.5 Å². The van der Waals surface area contributed by atoms with Gasteiger partial charge in [0.15, 0.2) is 0 Å². The molecule has 0 saturated carbocycles. The summed E-state index contributed by atoms with van der Waals surface area (Å²) in [6.07, 6.45) is 1.93. The van der Waals surface area contributed by atoms with E-state index in [1.165, 1.54) is 10.4 Å². The van der Waals surface area contributed by atoms with E-state index in [-0.39, 0.29) is 23.0 Å². The largest absolute Gasteiger partial charge is 0.459 e. The van der Waals surface area contributed by atoms with Gasteiger partial charge in [0.2, 0.25) is 0 Å². The van der Waals surface area contributed by atoms with Crippen molar-refractivity contribution < 1.29 is 14.0 Å². The lowest BCUT2D eigenvalue weighted by Crippen LogP contribution is -2.67. The summed E-state index contributed by atoms with van der Waals surface area (Å²) in [4.78, 5) is 11.8. The molecule has 2 atom stereocenters. The first-order valence-corrected chi connectivity index (χ1v) is 11.4. The summed E-state index contributed by atoms with van der Waals surface area (Å²) in [5.41, 5.74) is 0. The summed E-state index contributed by atoms with van der Waals surface area (Å²) in [6, 6.07) is 21.0. The van der Waals surface area contributed by atoms with Crippen molar-refractivity contribution in [3.63, 3.8) is 0 Å². The van der Waals surface area contributed by atoms with Crippen LogP contribution in [0.1, 0.15) is 27.2 Å². The maximum Gasteiger partial charge on any atom is 0.306 e. The highest BCUT2D eigenvalue weighted by Crippen LogP contribution is 2.37. The third-order valence-electron chi connectivity index (χ3n) is 5.35. The number of hydrogen-bond acceptors (Lipinski definition) is 3. The lowest BCUT2D eigenvalue weighted by atomic mass is 10.0. The summed E-state index contributed by atoms with van der Waals surface area (Å²) in [6.45, 7) is 11.0. The molecule has 2 aromatic carbocycles. The van der Waals surface area contributed by atoms with E-state index in [0.717, 1.165) is 0 Å². The van der Waals surface area contributed by atoms with E-state index in [1.807, 2.05) is 18.2 Å². The van der Waals surface area contributed by atoms with Gasteiger partial charge in [-0.25, -0.2) is 0 Å². The molecule has 2 aromatic rings. The number of ether oxygens (including phenoxy) is 1. The normalized spacial score (nSPS) is 20.3. The van der Waals surface area contributed by atoms with Crippen LogP contribution < -0.4 is 10.4 Å². The Hall–Kier alpha value is -2.17. The SMILES string of the molecule is C=C[C@@H]1CC(=O)O[C@H]1CO[Si](c1ccccc1)(c1ccccc1)C(C)(C)C. The third kappa shape index (κ3) is 3.78. The van der Waals surface area contributed by atoms with E-state index in [1.54, 1.807) is 0 Å². The molecule has 4 heteroatoms. The standard InChI is InChI=1S/C23H28O3Si/c1-5-18-16-22(24)26-21(18)17-25-27(23(2,3)4,19-12-8-6-9-13-19)20-14-10-7-11-15-20/h5-15,18,21H,1,16-17H2,2-4H3/t18-,21+/m1/s1. The minimum atomic E-state index is -2.61. The van der Waals surface area contributed by atoms with Crippen LogP contribution in [-0.2, 0) is 14.0 Å². The van der Waals surface area contributed by atoms with Crippen molar-refractivity contribution in [1.82, 2.24) is 0 Å². The molecule has 1 aliphatic rings. The maximum atomic E-state index is 11.8. The van der Waals surface area contributed by atoms with Crippen molar-refractivity contribution in [2.75, 3.05) is 6.61 Å². The Balaban J connectivity index is 2.04. The van der Waals surface area contributed by atoms with Crippen molar-refractivity contribution >= 4 is 24.7 Å². The van der Waals surface area contributed by atoms with E-state index in [4.69, 9.17) is 9.16 Å². The smallest absolute Gasteiger partial charge is 0.306 e. The number of esters is 1. The Kier molecular flexibility index (Phi) is 5.68. The zero-order valence-corrected chi connectivity index (χ0v) is 17.4. The van der Waals surface area contributed by atoms with E-state index in [9.17, 15) is 4.79 Å². The summed E-state index contributed by atoms with van der Waals surface area (Å²) in [7, 11) is -2.61. The first-order valence-electron chi connectivity index (χ1n) is 9.45. The van der Waals surface area contributed by atoms with E-state index in [2.05, 4.69) is 75.9 Å². The van der Waals surface area contributed by atoms with Crippen LogP contribution in [0.15, 0.2) is 73.3 Å². The van der Waals surface area contributed by atoms with E-state index < -0.39 is 8.32 Å². The van der Waals surface area contributed by atoms with Crippen LogP contribution in [0.4, 0.5) is 0 Å². The Labute approximate surface area is 163 Å². The van der Waals surface area contributed by atoms with Gasteiger partial charge < -0.3 is 9.16 Å². The van der Waals surface area contributed by atoms with Gasteiger partial charge in [-0.05, 0) is 15.4 Å². The molecular formula is C23H28O3Si. The minimum Gasteiger partial charge on any atom is -0.459 e. The number of carbonyl (C=O) groups excluding carboxylic acids is 1. The van der Waals surface area contributed by atoms with Crippen LogP contribution in [0, 0.1) is 5.92 Å². The first kappa shape index (κ1) is 19.6. The van der Waals surface area contributed by atoms with Gasteiger partial charge in [-0.2, -0.15) is 0 Å². The summed E-state index contributed by atoms with van der Waals surface area (Å²) in [5.74, 6) is -0.160. The van der Waals surface area contributed by atoms with Gasteiger partial charge in [0.25, 0.3) is 8.32 Å². The molecule has 0 aromatic heterocycles. The Morgan fingerprint density at radius 2 is 1.59 bits per heavy atom. The first-order chi connectivity index (χ1) is 12.9. The van der Waals surface area contributed by atoms with Crippen molar-refractivity contribution in [2.24, 2.45) is 5.92 Å². The van der Waals surface area contributed by atoms with Crippen LogP contribution in [0.3, 0.4) is 0 Å². The molecule has 1 aliphatic heterocycles. The summed E-state index contributed by atoms with van der Waals surface area (Å²) >= 11 is 0. The monoisotopic (exact) mass is 380 g/mol. The van der Waals surface area contributed by atoms with Crippen molar-refractivity contribution in [1.29, 1.82) is 0 Å². The predicted molar refractivity (Wildman–Crippen MR) is 112 cm³/mol. The fourth-order valence-electron chi connectivity index (χ4n) is 3.99. The minimum absolute atomic E-state index is 0.00992. The molecule has 142 valence electrons. The second-order valence-corrected chi connectivity index (χ2v) is 12.4. The van der Waals surface area contributed by atoms with Crippen molar-refractivity contribution in [3.05, 3.63) is 73.3 Å². The van der Waals surface area contributed by atoms with Gasteiger partial charge in [0.1, 0.15) is 6.10 Å². The highest BCUT2D eigenvalue weighted by atomic mass is 28.4. The second kappa shape index (κ2) is 7.83. The van der Waals surface area contributed by atoms with Crippen LogP contribution in [0.25, 0.3) is 0 Å². The maximum absolute atomic E-state index is 11.8. The molecule has 0 bridgehead atoms. The van der Waals surface area contributed by atoms with Crippen molar-refractivity contribution in [3.8, 4) is 0 Å². The average molecular weight is 381 g/mol. The summed E-state index contributed by atoms with van der Waals surface area (Å²) in [5, 5.41) is 2.36. The molecule has 3 nitrogen and oxygen atoms in total. The van der Waals surface area contributed by atoms with Gasteiger partial charge in [0.05, 0.1) is 13.0 Å². The van der Waals surface area contributed by atoms with E-state index >= 15 is 0 Å². The third-order valence-corrected chi connectivity index (χ3v) is 10.4. The van der Waals surface area contributed by atoms with Gasteiger partial charge >= 0.3 is 5.97 Å². The number of cyclic esters (lactones) is 1. The molecular weight excluding hydrogens is 352 g/mol. The molecule has 1 heterocycles. The van der Waals surface area contributed by atoms with Crippen LogP contribution in [-0.4, -0.2) is 27.0 Å². The molecule has 0 amide bonds. The highest BCUT2D eigenvalue weighted by molar-refractivity contribution is 6.99. The molecule has 3 rings (SSSR count). The van der Waals surface area contributed by atoms with Gasteiger partial charge in [0, 0.05) is 5.92 Å². The lowest BCUT2D eigenvalue weighted by molar-refractivity contribution is -0.142. The number of benzene rings is 2. The fraction of sp³-hybridized carbons (Fsp3) is 0.348. The molecule has 0 radical (unpaired) electrons. The van der Waals surface area contributed by atoms with Crippen LogP contribution >= 0.6 is 0 Å². The highest BCUT2D eigenvalue weighted by Gasteiger charge is 2.51. The molecule has 1 saturated heterocycles. The summed E-state index contributed by atoms with van der Waals surface area (Å²) < 4.78 is 12.4. The Morgan fingerprint density at radius 1 is 1.07 bits per heavy atom. The topological polar surface area (TPSA) is 35.5 Å². The van der Waals surface area contributed by atoms with Crippen molar-refractivity contribution in [2.45, 2.75) is 38.3 Å². The number of carbonyl (C=O) groups is 1. The quantitative estimate of drug-likeness (QED) is 0.436. The Bertz CT molecular complexity index is 741. The molecule has 1 fully saturated rings. The Morgan fingerprint density at radius 3 is 2.04 bits per heavy atom. The lowest BCUT2D eigenvalue weighted by Gasteiger charge is -2.43.